The van der Waals surface area contributed by atoms with Crippen LogP contribution in [0.15, 0.2) is 18.2 Å². The van der Waals surface area contributed by atoms with Crippen molar-refractivity contribution in [3.63, 3.8) is 0 Å². The van der Waals surface area contributed by atoms with Crippen molar-refractivity contribution in [2.45, 2.75) is 25.8 Å². The summed E-state index contributed by atoms with van der Waals surface area (Å²) < 4.78 is 0. The molecule has 0 radical (unpaired) electrons. The summed E-state index contributed by atoms with van der Waals surface area (Å²) in [5, 5.41) is 13.6. The lowest BCUT2D eigenvalue weighted by Crippen LogP contribution is -2.33. The maximum Gasteiger partial charge on any atom is 0.288 e. The zero-order valence-corrected chi connectivity index (χ0v) is 10.6. The third kappa shape index (κ3) is 2.79. The number of nitrogens with one attached hydrogen (secondary N) is 1. The van der Waals surface area contributed by atoms with Gasteiger partial charge in [-0.1, -0.05) is 11.6 Å². The van der Waals surface area contributed by atoms with Crippen molar-refractivity contribution >= 4 is 23.2 Å². The average Bonchev–Trinajstić information content (AvgIpc) is 3.12. The molecule has 0 saturated heterocycles. The SMILES string of the molecule is CC(NC(=O)c1ccc(Cl)c([N+](=O)[O-])c1)C1CC1. The Morgan fingerprint density at radius 3 is 2.78 bits per heavy atom. The molecule has 1 aliphatic carbocycles. The Morgan fingerprint density at radius 2 is 2.22 bits per heavy atom. The number of nitro benzene ring substituents is 1. The van der Waals surface area contributed by atoms with E-state index >= 15 is 0 Å². The Morgan fingerprint density at radius 1 is 1.56 bits per heavy atom. The number of amides is 1. The fourth-order valence-corrected chi connectivity index (χ4v) is 1.98. The standard InChI is InChI=1S/C12H13ClN2O3/c1-7(8-2-3-8)14-12(16)9-4-5-10(13)11(6-9)15(17)18/h4-8H,2-3H2,1H3,(H,14,16). The summed E-state index contributed by atoms with van der Waals surface area (Å²) in [5.41, 5.74) is 0.0157. The number of nitro groups is 1. The number of hydrogen-bond acceptors (Lipinski definition) is 3. The first-order valence-corrected chi connectivity index (χ1v) is 6.11. The van der Waals surface area contributed by atoms with E-state index in [1.807, 2.05) is 6.92 Å². The zero-order valence-electron chi connectivity index (χ0n) is 9.85. The highest BCUT2D eigenvalue weighted by Gasteiger charge is 2.29. The van der Waals surface area contributed by atoms with Crippen LogP contribution in [0.4, 0.5) is 5.69 Å². The van der Waals surface area contributed by atoms with Crippen LogP contribution in [0.3, 0.4) is 0 Å². The summed E-state index contributed by atoms with van der Waals surface area (Å²) in [5.74, 6) is 0.241. The zero-order chi connectivity index (χ0) is 13.3. The Kier molecular flexibility index (Phi) is 3.52. The minimum absolute atomic E-state index is 0.0341. The molecule has 1 N–H and O–H groups in total. The number of halogens is 1. The number of rotatable bonds is 4. The molecule has 1 atom stereocenters. The fourth-order valence-electron chi connectivity index (χ4n) is 1.80. The Balaban J connectivity index is 2.14. The van der Waals surface area contributed by atoms with Gasteiger partial charge in [0.25, 0.3) is 11.6 Å². The van der Waals surface area contributed by atoms with Gasteiger partial charge in [-0.15, -0.1) is 0 Å². The van der Waals surface area contributed by atoms with E-state index in [0.717, 1.165) is 12.8 Å². The van der Waals surface area contributed by atoms with Crippen molar-refractivity contribution in [2.75, 3.05) is 0 Å². The van der Waals surface area contributed by atoms with Gasteiger partial charge in [0.1, 0.15) is 5.02 Å². The molecule has 1 fully saturated rings. The van der Waals surface area contributed by atoms with Crippen LogP contribution in [0.2, 0.25) is 5.02 Å². The molecule has 18 heavy (non-hydrogen) atoms. The molecule has 1 aromatic carbocycles. The Labute approximate surface area is 109 Å². The maximum atomic E-state index is 11.9. The molecule has 6 heteroatoms. The quantitative estimate of drug-likeness (QED) is 0.674. The maximum absolute atomic E-state index is 11.9. The van der Waals surface area contributed by atoms with Crippen LogP contribution < -0.4 is 5.32 Å². The van der Waals surface area contributed by atoms with Gasteiger partial charge < -0.3 is 5.32 Å². The Hall–Kier alpha value is -1.62. The van der Waals surface area contributed by atoms with E-state index in [4.69, 9.17) is 11.6 Å². The molecule has 1 amide bonds. The van der Waals surface area contributed by atoms with Crippen molar-refractivity contribution in [1.29, 1.82) is 0 Å². The number of carbonyl (C=O) groups excluding carboxylic acids is 1. The van der Waals surface area contributed by atoms with E-state index in [0.29, 0.717) is 5.92 Å². The summed E-state index contributed by atoms with van der Waals surface area (Å²) in [6, 6.07) is 4.17. The van der Waals surface area contributed by atoms with Gasteiger partial charge in [-0.05, 0) is 37.8 Å². The fraction of sp³-hybridized carbons (Fsp3) is 0.417. The molecule has 96 valence electrons. The first-order valence-electron chi connectivity index (χ1n) is 5.74. The molecule has 5 nitrogen and oxygen atoms in total. The van der Waals surface area contributed by atoms with Gasteiger partial charge in [0.2, 0.25) is 0 Å². The molecule has 0 aromatic heterocycles. The monoisotopic (exact) mass is 268 g/mol. The van der Waals surface area contributed by atoms with E-state index < -0.39 is 4.92 Å². The number of carbonyl (C=O) groups is 1. The summed E-state index contributed by atoms with van der Waals surface area (Å²) in [6.45, 7) is 1.94. The first-order chi connectivity index (χ1) is 8.49. The third-order valence-corrected chi connectivity index (χ3v) is 3.41. The van der Waals surface area contributed by atoms with Crippen molar-refractivity contribution < 1.29 is 9.72 Å². The molecule has 2 rings (SSSR count). The van der Waals surface area contributed by atoms with E-state index in [2.05, 4.69) is 5.32 Å². The number of hydrogen-bond donors (Lipinski definition) is 1. The second-order valence-electron chi connectivity index (χ2n) is 4.52. The summed E-state index contributed by atoms with van der Waals surface area (Å²) in [7, 11) is 0. The first kappa shape index (κ1) is 12.8. The van der Waals surface area contributed by atoms with Crippen LogP contribution in [0.25, 0.3) is 0 Å². The lowest BCUT2D eigenvalue weighted by molar-refractivity contribution is -0.384. The van der Waals surface area contributed by atoms with Crippen molar-refractivity contribution in [3.05, 3.63) is 38.9 Å². The normalized spacial score (nSPS) is 16.1. The van der Waals surface area contributed by atoms with Gasteiger partial charge in [0.05, 0.1) is 4.92 Å². The smallest absolute Gasteiger partial charge is 0.288 e. The summed E-state index contributed by atoms with van der Waals surface area (Å²) in [6.07, 6.45) is 2.25. The Bertz CT molecular complexity index is 500. The van der Waals surface area contributed by atoms with Crippen LogP contribution in [0.5, 0.6) is 0 Å². The average molecular weight is 269 g/mol. The molecule has 0 bridgehead atoms. The highest BCUT2D eigenvalue weighted by Crippen LogP contribution is 2.32. The largest absolute Gasteiger partial charge is 0.349 e. The molecule has 0 aliphatic heterocycles. The van der Waals surface area contributed by atoms with E-state index in [1.165, 1.54) is 18.2 Å². The van der Waals surface area contributed by atoms with Gasteiger partial charge in [0, 0.05) is 17.7 Å². The van der Waals surface area contributed by atoms with Crippen molar-refractivity contribution in [2.24, 2.45) is 5.92 Å². The lowest BCUT2D eigenvalue weighted by Gasteiger charge is -2.12. The summed E-state index contributed by atoms with van der Waals surface area (Å²) >= 11 is 5.69. The molecule has 0 spiro atoms. The lowest BCUT2D eigenvalue weighted by atomic mass is 10.1. The topological polar surface area (TPSA) is 72.2 Å². The van der Waals surface area contributed by atoms with Gasteiger partial charge in [0.15, 0.2) is 0 Å². The van der Waals surface area contributed by atoms with Crippen LogP contribution in [-0.2, 0) is 0 Å². The second kappa shape index (κ2) is 4.94. The third-order valence-electron chi connectivity index (χ3n) is 3.09. The second-order valence-corrected chi connectivity index (χ2v) is 4.93. The van der Waals surface area contributed by atoms with E-state index in [9.17, 15) is 14.9 Å². The van der Waals surface area contributed by atoms with Crippen LogP contribution >= 0.6 is 11.6 Å². The van der Waals surface area contributed by atoms with Crippen LogP contribution in [-0.4, -0.2) is 16.9 Å². The molecule has 0 heterocycles. The minimum Gasteiger partial charge on any atom is -0.349 e. The molecule has 1 aliphatic rings. The predicted octanol–water partition coefficient (Wildman–Crippen LogP) is 2.78. The van der Waals surface area contributed by atoms with Gasteiger partial charge >= 0.3 is 0 Å². The number of nitrogens with zero attached hydrogens (tertiary/aromatic N) is 1. The van der Waals surface area contributed by atoms with Crippen molar-refractivity contribution in [1.82, 2.24) is 5.32 Å². The highest BCUT2D eigenvalue weighted by molar-refractivity contribution is 6.32. The molecule has 1 unspecified atom stereocenters. The van der Waals surface area contributed by atoms with Gasteiger partial charge in [-0.3, -0.25) is 14.9 Å². The van der Waals surface area contributed by atoms with Crippen molar-refractivity contribution in [3.8, 4) is 0 Å². The van der Waals surface area contributed by atoms with Crippen LogP contribution in [0, 0.1) is 16.0 Å². The molecular formula is C12H13ClN2O3. The van der Waals surface area contributed by atoms with Crippen LogP contribution in [0.1, 0.15) is 30.1 Å². The molecular weight excluding hydrogens is 256 g/mol. The summed E-state index contributed by atoms with van der Waals surface area (Å²) in [4.78, 5) is 22.0. The minimum atomic E-state index is -0.594. The molecule has 1 saturated carbocycles. The molecule has 1 aromatic rings. The van der Waals surface area contributed by atoms with Gasteiger partial charge in [-0.25, -0.2) is 0 Å². The van der Waals surface area contributed by atoms with Gasteiger partial charge in [-0.2, -0.15) is 0 Å². The van der Waals surface area contributed by atoms with E-state index in [-0.39, 0.29) is 28.2 Å². The van der Waals surface area contributed by atoms with E-state index in [1.54, 1.807) is 0 Å². The highest BCUT2D eigenvalue weighted by atomic mass is 35.5. The predicted molar refractivity (Wildman–Crippen MR) is 67.8 cm³/mol. The number of benzene rings is 1.